The fraction of sp³-hybridized carbons (Fsp3) is 0.571. The third kappa shape index (κ3) is 4.58. The molecule has 14 heteroatoms. The molecule has 0 amide bonds. The van der Waals surface area contributed by atoms with Crippen LogP contribution < -0.4 is 5.73 Å². The summed E-state index contributed by atoms with van der Waals surface area (Å²) in [5.74, 6) is -0.550. The van der Waals surface area contributed by atoms with Crippen LogP contribution in [0.5, 0.6) is 0 Å². The van der Waals surface area contributed by atoms with Gasteiger partial charge < -0.3 is 25.0 Å². The van der Waals surface area contributed by atoms with Crippen molar-refractivity contribution in [2.75, 3.05) is 18.1 Å². The minimum Gasteiger partial charge on any atom is -0.465 e. The van der Waals surface area contributed by atoms with Crippen LogP contribution in [0.1, 0.15) is 26.0 Å². The maximum absolute atomic E-state index is 11.8. The number of nitrogens with zero attached hydrogens (tertiary/aromatic N) is 4. The predicted molar refractivity (Wildman–Crippen MR) is 103 cm³/mol. The normalized spacial score (nSPS) is 21.1. The Morgan fingerprint density at radius 1 is 1.54 bits per heavy atom. The molecule has 1 aliphatic heterocycles. The van der Waals surface area contributed by atoms with Crippen molar-refractivity contribution in [3.63, 3.8) is 0 Å². The van der Waals surface area contributed by atoms with Crippen molar-refractivity contribution < 1.29 is 28.6 Å². The van der Waals surface area contributed by atoms with E-state index in [1.165, 1.54) is 6.33 Å². The number of carbonyl (C=O) groups excluding carboxylic acids is 1. The lowest BCUT2D eigenvalue weighted by atomic mass is 10.2. The smallest absolute Gasteiger partial charge is 0.349 e. The Morgan fingerprint density at radius 2 is 2.29 bits per heavy atom. The van der Waals surface area contributed by atoms with Crippen molar-refractivity contribution in [3.8, 4) is 0 Å². The zero-order valence-corrected chi connectivity index (χ0v) is 17.2. The summed E-state index contributed by atoms with van der Waals surface area (Å²) in [4.78, 5) is 41.3. The van der Waals surface area contributed by atoms with Gasteiger partial charge in [-0.2, -0.15) is 9.97 Å². The number of ether oxygens (including phenoxy) is 2. The fourth-order valence-electron chi connectivity index (χ4n) is 2.85. The van der Waals surface area contributed by atoms with E-state index in [2.05, 4.69) is 15.0 Å². The molecule has 1 fully saturated rings. The largest absolute Gasteiger partial charge is 0.465 e. The lowest BCUT2D eigenvalue weighted by Crippen LogP contribution is -2.23. The highest BCUT2D eigenvalue weighted by Crippen LogP contribution is 2.48. The highest BCUT2D eigenvalue weighted by atomic mass is 35.5. The van der Waals surface area contributed by atoms with Gasteiger partial charge in [0.1, 0.15) is 11.7 Å². The van der Waals surface area contributed by atoms with Gasteiger partial charge in [-0.25, -0.2) is 4.98 Å². The maximum atomic E-state index is 11.8. The number of fused-ring (bicyclic) bond motifs is 1. The molecule has 1 aliphatic rings. The Bertz CT molecular complexity index is 923. The lowest BCUT2D eigenvalue weighted by molar-refractivity contribution is -0.141. The second-order valence-corrected chi connectivity index (χ2v) is 9.54. The molecule has 1 saturated heterocycles. The number of thioether (sulfide) groups is 1. The van der Waals surface area contributed by atoms with Gasteiger partial charge in [0.05, 0.1) is 19.0 Å². The van der Waals surface area contributed by atoms with Crippen molar-refractivity contribution in [2.24, 2.45) is 0 Å². The minimum atomic E-state index is -4.65. The summed E-state index contributed by atoms with van der Waals surface area (Å²) in [6, 6.07) is 0. The molecule has 3 atom stereocenters. The van der Waals surface area contributed by atoms with Gasteiger partial charge >= 0.3 is 13.6 Å². The number of imidazole rings is 1. The van der Waals surface area contributed by atoms with Crippen LogP contribution in [0.25, 0.3) is 11.2 Å². The van der Waals surface area contributed by atoms with Gasteiger partial charge in [-0.1, -0.05) is 0 Å². The van der Waals surface area contributed by atoms with Gasteiger partial charge in [0.25, 0.3) is 0 Å². The Hall–Kier alpha value is -1.43. The van der Waals surface area contributed by atoms with Crippen molar-refractivity contribution in [1.82, 2.24) is 19.5 Å². The van der Waals surface area contributed by atoms with E-state index in [-0.39, 0.29) is 29.6 Å². The van der Waals surface area contributed by atoms with Gasteiger partial charge in [0, 0.05) is 5.75 Å². The number of carbonyl (C=O) groups is 1. The maximum Gasteiger partial charge on any atom is 0.349 e. The first-order chi connectivity index (χ1) is 13.2. The molecular weight excluding hydrogens is 433 g/mol. The number of rotatable bonds is 7. The topological polar surface area (TPSA) is 163 Å². The van der Waals surface area contributed by atoms with Crippen LogP contribution in [-0.2, 0) is 18.8 Å². The number of hydrogen-bond donors (Lipinski definition) is 3. The van der Waals surface area contributed by atoms with E-state index < -0.39 is 24.8 Å². The van der Waals surface area contributed by atoms with Crippen LogP contribution >= 0.6 is 31.0 Å². The SMILES string of the molecule is CCOC(=O)C(SCC1CC[C@H](n2cnc3c(N)nc(Cl)nc32)O1)P(=O)(O)O. The molecule has 28 heavy (non-hydrogen) atoms. The monoisotopic (exact) mass is 451 g/mol. The van der Waals surface area contributed by atoms with Gasteiger partial charge in [0.2, 0.25) is 10.3 Å². The molecule has 4 N–H and O–H groups in total. The standard InChI is InChI=1S/C14H19ClN5O6PS/c1-2-25-12(21)13(27(22,23)24)28-5-7-3-4-8(26-7)20-6-17-9-10(16)18-14(15)19-11(9)20/h6-8,13H,2-5H2,1H3,(H2,16,18,19)(H2,22,23,24)/t7?,8-,13?/m1/s1. The average Bonchev–Trinajstić information content (AvgIpc) is 3.20. The predicted octanol–water partition coefficient (Wildman–Crippen LogP) is 1.54. The first-order valence-electron chi connectivity index (χ1n) is 8.35. The summed E-state index contributed by atoms with van der Waals surface area (Å²) >= 11 is 6.69. The fourth-order valence-corrected chi connectivity index (χ4v) is 5.25. The van der Waals surface area contributed by atoms with Crippen molar-refractivity contribution in [3.05, 3.63) is 11.6 Å². The van der Waals surface area contributed by atoms with E-state index in [9.17, 15) is 19.1 Å². The summed E-state index contributed by atoms with van der Waals surface area (Å²) < 4.78 is 24.0. The summed E-state index contributed by atoms with van der Waals surface area (Å²) in [5, 5.41) is -0.00391. The molecule has 2 aromatic heterocycles. The number of hydrogen-bond acceptors (Lipinski definition) is 9. The van der Waals surface area contributed by atoms with Crippen LogP contribution in [0.3, 0.4) is 0 Å². The minimum absolute atomic E-state index is 0.00391. The van der Waals surface area contributed by atoms with E-state index in [0.717, 1.165) is 11.8 Å². The van der Waals surface area contributed by atoms with Gasteiger partial charge in [-0.05, 0) is 31.4 Å². The van der Waals surface area contributed by atoms with Crippen molar-refractivity contribution in [2.45, 2.75) is 37.1 Å². The van der Waals surface area contributed by atoms with E-state index in [4.69, 9.17) is 26.8 Å². The van der Waals surface area contributed by atoms with Gasteiger partial charge in [-0.15, -0.1) is 11.8 Å². The summed E-state index contributed by atoms with van der Waals surface area (Å²) in [7, 11) is -4.65. The second-order valence-electron chi connectivity index (χ2n) is 6.02. The molecule has 11 nitrogen and oxygen atoms in total. The third-order valence-corrected chi connectivity index (χ3v) is 7.38. The molecular formula is C14H19ClN5O6PS. The Kier molecular flexibility index (Phi) is 6.47. The van der Waals surface area contributed by atoms with Crippen molar-refractivity contribution in [1.29, 1.82) is 0 Å². The molecule has 0 radical (unpaired) electrons. The van der Waals surface area contributed by atoms with E-state index in [1.54, 1.807) is 11.5 Å². The highest BCUT2D eigenvalue weighted by molar-refractivity contribution is 8.06. The zero-order chi connectivity index (χ0) is 20.5. The quantitative estimate of drug-likeness (QED) is 0.318. The summed E-state index contributed by atoms with van der Waals surface area (Å²) in [6.07, 6.45) is 2.08. The molecule has 0 saturated carbocycles. The Labute approximate surface area is 169 Å². The second kappa shape index (κ2) is 8.52. The zero-order valence-electron chi connectivity index (χ0n) is 14.8. The van der Waals surface area contributed by atoms with Gasteiger partial charge in [0.15, 0.2) is 11.5 Å². The first-order valence-corrected chi connectivity index (χ1v) is 11.5. The van der Waals surface area contributed by atoms with E-state index >= 15 is 0 Å². The molecule has 2 aromatic rings. The number of esters is 1. The first kappa shape index (κ1) is 21.3. The average molecular weight is 452 g/mol. The molecule has 0 spiro atoms. The molecule has 0 aromatic carbocycles. The Balaban J connectivity index is 1.67. The number of aromatic nitrogens is 4. The number of nitrogen functional groups attached to an aromatic ring is 1. The molecule has 3 rings (SSSR count). The molecule has 2 unspecified atom stereocenters. The summed E-state index contributed by atoms with van der Waals surface area (Å²) in [6.45, 7) is 1.61. The Morgan fingerprint density at radius 3 is 2.96 bits per heavy atom. The van der Waals surface area contributed by atoms with E-state index in [1.807, 2.05) is 0 Å². The van der Waals surface area contributed by atoms with Gasteiger partial charge in [-0.3, -0.25) is 13.9 Å². The molecule has 3 heterocycles. The van der Waals surface area contributed by atoms with Crippen molar-refractivity contribution >= 4 is 53.9 Å². The highest BCUT2D eigenvalue weighted by Gasteiger charge is 2.39. The van der Waals surface area contributed by atoms with Crippen LogP contribution in [-0.4, -0.2) is 58.7 Å². The number of nitrogens with two attached hydrogens (primary N) is 1. The van der Waals surface area contributed by atoms with Crippen LogP contribution in [0.4, 0.5) is 5.82 Å². The van der Waals surface area contributed by atoms with Crippen LogP contribution in [0.2, 0.25) is 5.28 Å². The van der Waals surface area contributed by atoms with Crippen LogP contribution in [0.15, 0.2) is 6.33 Å². The van der Waals surface area contributed by atoms with E-state index in [0.29, 0.717) is 24.0 Å². The third-order valence-electron chi connectivity index (χ3n) is 4.05. The number of anilines is 1. The number of halogens is 1. The molecule has 154 valence electrons. The lowest BCUT2D eigenvalue weighted by Gasteiger charge is -2.19. The molecule has 0 bridgehead atoms. The summed E-state index contributed by atoms with van der Waals surface area (Å²) in [5.41, 5.74) is 6.65. The van der Waals surface area contributed by atoms with Crippen LogP contribution in [0, 0.1) is 0 Å². The molecule has 0 aliphatic carbocycles.